The molecule has 24 heavy (non-hydrogen) atoms. The van der Waals surface area contributed by atoms with Crippen LogP contribution in [0.5, 0.6) is 5.75 Å². The van der Waals surface area contributed by atoms with Crippen LogP contribution in [0.4, 0.5) is 5.69 Å². The summed E-state index contributed by atoms with van der Waals surface area (Å²) in [7, 11) is 1.53. The van der Waals surface area contributed by atoms with Crippen molar-refractivity contribution in [3.8, 4) is 11.8 Å². The second-order valence-electron chi connectivity index (χ2n) is 5.65. The Labute approximate surface area is 142 Å². The summed E-state index contributed by atoms with van der Waals surface area (Å²) >= 11 is 0. The minimum Gasteiger partial charge on any atom is -0.495 e. The van der Waals surface area contributed by atoms with Gasteiger partial charge in [0.2, 0.25) is 0 Å². The Morgan fingerprint density at radius 2 is 1.83 bits per heavy atom. The van der Waals surface area contributed by atoms with E-state index in [0.717, 1.165) is 5.56 Å². The minimum absolute atomic E-state index is 0.0400. The quantitative estimate of drug-likeness (QED) is 0.657. The molecule has 1 amide bonds. The molecule has 2 aromatic rings. The zero-order valence-electron chi connectivity index (χ0n) is 14.0. The van der Waals surface area contributed by atoms with Crippen LogP contribution in [0.2, 0.25) is 0 Å². The van der Waals surface area contributed by atoms with Gasteiger partial charge < -0.3 is 10.1 Å². The molecule has 0 heterocycles. The van der Waals surface area contributed by atoms with E-state index in [1.165, 1.54) is 12.7 Å². The van der Waals surface area contributed by atoms with Gasteiger partial charge in [0, 0.05) is 0 Å². The van der Waals surface area contributed by atoms with Crippen LogP contribution in [0.1, 0.15) is 30.9 Å². The molecule has 4 heteroatoms. The van der Waals surface area contributed by atoms with Crippen LogP contribution in [0.25, 0.3) is 6.08 Å². The Bertz CT molecular complexity index is 784. The number of anilines is 1. The minimum atomic E-state index is -0.463. The number of ether oxygens (including phenoxy) is 1. The molecule has 0 unspecified atom stereocenters. The molecule has 122 valence electrons. The fraction of sp³-hybridized carbons (Fsp3) is 0.200. The molecule has 0 aliphatic rings. The average molecular weight is 320 g/mol. The van der Waals surface area contributed by atoms with Gasteiger partial charge in [-0.25, -0.2) is 0 Å². The number of carbonyl (C=O) groups excluding carboxylic acids is 1. The monoisotopic (exact) mass is 320 g/mol. The number of methoxy groups -OCH3 is 1. The third kappa shape index (κ3) is 4.23. The van der Waals surface area contributed by atoms with Crippen LogP contribution in [-0.2, 0) is 4.79 Å². The fourth-order valence-electron chi connectivity index (χ4n) is 2.23. The van der Waals surface area contributed by atoms with Gasteiger partial charge >= 0.3 is 0 Å². The normalized spacial score (nSPS) is 11.0. The molecule has 0 aliphatic carbocycles. The van der Waals surface area contributed by atoms with Gasteiger partial charge in [0.1, 0.15) is 17.4 Å². The number of para-hydroxylation sites is 2. The van der Waals surface area contributed by atoms with E-state index in [-0.39, 0.29) is 5.57 Å². The first-order valence-corrected chi connectivity index (χ1v) is 7.71. The lowest BCUT2D eigenvalue weighted by Crippen LogP contribution is -2.14. The van der Waals surface area contributed by atoms with Crippen LogP contribution in [0.15, 0.2) is 54.1 Å². The Hall–Kier alpha value is -3.06. The van der Waals surface area contributed by atoms with Gasteiger partial charge in [0.15, 0.2) is 0 Å². The second-order valence-corrected chi connectivity index (χ2v) is 5.65. The first-order chi connectivity index (χ1) is 11.5. The van der Waals surface area contributed by atoms with Crippen LogP contribution in [-0.4, -0.2) is 13.0 Å². The third-order valence-corrected chi connectivity index (χ3v) is 3.63. The van der Waals surface area contributed by atoms with E-state index >= 15 is 0 Å². The number of nitriles is 1. The van der Waals surface area contributed by atoms with E-state index in [1.54, 1.807) is 24.3 Å². The molecule has 0 aromatic heterocycles. The number of hydrogen-bond donors (Lipinski definition) is 1. The van der Waals surface area contributed by atoms with E-state index in [2.05, 4.69) is 19.2 Å². The van der Waals surface area contributed by atoms with Crippen molar-refractivity contribution in [1.82, 2.24) is 0 Å². The number of hydrogen-bond acceptors (Lipinski definition) is 3. The molecule has 0 bridgehead atoms. The van der Waals surface area contributed by atoms with Crippen molar-refractivity contribution >= 4 is 17.7 Å². The summed E-state index contributed by atoms with van der Waals surface area (Å²) in [5, 5.41) is 12.0. The maximum Gasteiger partial charge on any atom is 0.266 e. The van der Waals surface area contributed by atoms with Gasteiger partial charge in [0.25, 0.3) is 5.91 Å². The largest absolute Gasteiger partial charge is 0.495 e. The summed E-state index contributed by atoms with van der Waals surface area (Å²) in [5.41, 5.74) is 2.59. The summed E-state index contributed by atoms with van der Waals surface area (Å²) in [6, 6.07) is 16.8. The SMILES string of the molecule is COc1ccccc1NC(=O)/C(C#N)=C/c1ccc(C(C)C)cc1. The average Bonchev–Trinajstić information content (AvgIpc) is 2.60. The number of benzene rings is 2. The third-order valence-electron chi connectivity index (χ3n) is 3.63. The molecule has 0 saturated heterocycles. The summed E-state index contributed by atoms with van der Waals surface area (Å²) < 4.78 is 5.20. The van der Waals surface area contributed by atoms with Crippen molar-refractivity contribution in [3.05, 3.63) is 65.2 Å². The number of amides is 1. The van der Waals surface area contributed by atoms with Gasteiger partial charge in [-0.05, 0) is 35.3 Å². The smallest absolute Gasteiger partial charge is 0.266 e. The number of carbonyl (C=O) groups is 1. The first kappa shape index (κ1) is 17.3. The lowest BCUT2D eigenvalue weighted by Gasteiger charge is -2.09. The lowest BCUT2D eigenvalue weighted by molar-refractivity contribution is -0.112. The van der Waals surface area contributed by atoms with Gasteiger partial charge in [0.05, 0.1) is 12.8 Å². The van der Waals surface area contributed by atoms with Gasteiger partial charge in [-0.2, -0.15) is 5.26 Å². The molecule has 0 spiro atoms. The fourth-order valence-corrected chi connectivity index (χ4v) is 2.23. The predicted octanol–water partition coefficient (Wildman–Crippen LogP) is 4.36. The second kappa shape index (κ2) is 7.98. The van der Waals surface area contributed by atoms with E-state index in [4.69, 9.17) is 4.74 Å². The van der Waals surface area contributed by atoms with E-state index < -0.39 is 5.91 Å². The van der Waals surface area contributed by atoms with Crippen molar-refractivity contribution in [1.29, 1.82) is 5.26 Å². The number of nitrogens with one attached hydrogen (secondary N) is 1. The Morgan fingerprint density at radius 3 is 2.42 bits per heavy atom. The molecule has 0 radical (unpaired) electrons. The highest BCUT2D eigenvalue weighted by molar-refractivity contribution is 6.10. The highest BCUT2D eigenvalue weighted by Crippen LogP contribution is 2.24. The zero-order valence-corrected chi connectivity index (χ0v) is 14.0. The Morgan fingerprint density at radius 1 is 1.17 bits per heavy atom. The van der Waals surface area contributed by atoms with Crippen molar-refractivity contribution in [2.45, 2.75) is 19.8 Å². The molecular formula is C20H20N2O2. The summed E-state index contributed by atoms with van der Waals surface area (Å²) in [6.07, 6.45) is 1.58. The van der Waals surface area contributed by atoms with Crippen LogP contribution < -0.4 is 10.1 Å². The molecule has 2 rings (SSSR count). The first-order valence-electron chi connectivity index (χ1n) is 7.71. The molecule has 0 saturated carbocycles. The summed E-state index contributed by atoms with van der Waals surface area (Å²) in [6.45, 7) is 4.23. The maximum absolute atomic E-state index is 12.3. The van der Waals surface area contributed by atoms with Gasteiger partial charge in [-0.1, -0.05) is 50.2 Å². The van der Waals surface area contributed by atoms with E-state index in [0.29, 0.717) is 17.4 Å². The number of rotatable bonds is 5. The van der Waals surface area contributed by atoms with Crippen molar-refractivity contribution in [3.63, 3.8) is 0 Å². The molecule has 2 aromatic carbocycles. The standard InChI is InChI=1S/C20H20N2O2/c1-14(2)16-10-8-15(9-11-16)12-17(13-21)20(23)22-18-6-4-5-7-19(18)24-3/h4-12,14H,1-3H3,(H,22,23)/b17-12+. The summed E-state index contributed by atoms with van der Waals surface area (Å²) in [5.74, 6) is 0.520. The van der Waals surface area contributed by atoms with Crippen molar-refractivity contribution in [2.75, 3.05) is 12.4 Å². The highest BCUT2D eigenvalue weighted by atomic mass is 16.5. The Kier molecular flexibility index (Phi) is 5.75. The van der Waals surface area contributed by atoms with Gasteiger partial charge in [-0.15, -0.1) is 0 Å². The number of nitrogens with zero attached hydrogens (tertiary/aromatic N) is 1. The van der Waals surface area contributed by atoms with Crippen LogP contribution in [0.3, 0.4) is 0 Å². The van der Waals surface area contributed by atoms with Crippen molar-refractivity contribution in [2.24, 2.45) is 0 Å². The van der Waals surface area contributed by atoms with E-state index in [9.17, 15) is 10.1 Å². The highest BCUT2D eigenvalue weighted by Gasteiger charge is 2.12. The molecule has 0 atom stereocenters. The maximum atomic E-state index is 12.3. The summed E-state index contributed by atoms with van der Waals surface area (Å²) in [4.78, 5) is 12.3. The molecule has 1 N–H and O–H groups in total. The molecule has 0 aliphatic heterocycles. The predicted molar refractivity (Wildman–Crippen MR) is 95.7 cm³/mol. The van der Waals surface area contributed by atoms with Crippen molar-refractivity contribution < 1.29 is 9.53 Å². The van der Waals surface area contributed by atoms with Gasteiger partial charge in [-0.3, -0.25) is 4.79 Å². The zero-order chi connectivity index (χ0) is 17.5. The molecule has 0 fully saturated rings. The Balaban J connectivity index is 2.21. The molecule has 4 nitrogen and oxygen atoms in total. The van der Waals surface area contributed by atoms with Crippen LogP contribution in [0, 0.1) is 11.3 Å². The van der Waals surface area contributed by atoms with Crippen LogP contribution >= 0.6 is 0 Å². The topological polar surface area (TPSA) is 62.1 Å². The van der Waals surface area contributed by atoms with E-state index in [1.807, 2.05) is 36.4 Å². The lowest BCUT2D eigenvalue weighted by atomic mass is 10.0. The molecular weight excluding hydrogens is 300 g/mol.